The number of rotatable bonds is 4. The summed E-state index contributed by atoms with van der Waals surface area (Å²) in [7, 11) is 0. The topological polar surface area (TPSA) is 37.9 Å². The number of ether oxygens (including phenoxy) is 1. The molecular formula is C15H16N2OS. The number of H-pyrrole nitrogens is 1. The largest absolute Gasteiger partial charge is 0.490 e. The van der Waals surface area contributed by atoms with E-state index in [1.807, 2.05) is 12.1 Å². The Hall–Kier alpha value is -1.68. The second-order valence-corrected chi connectivity index (χ2v) is 5.15. The molecule has 1 aliphatic carbocycles. The molecule has 0 bridgehead atoms. The highest BCUT2D eigenvalue weighted by molar-refractivity contribution is 7.71. The summed E-state index contributed by atoms with van der Waals surface area (Å²) in [5, 5.41) is 0. The van der Waals surface area contributed by atoms with Crippen LogP contribution in [-0.2, 0) is 6.42 Å². The Labute approximate surface area is 117 Å². The van der Waals surface area contributed by atoms with Crippen molar-refractivity contribution in [2.45, 2.75) is 32.3 Å². The molecule has 0 atom stereocenters. The zero-order valence-electron chi connectivity index (χ0n) is 10.8. The lowest BCUT2D eigenvalue weighted by molar-refractivity contribution is 0.303. The predicted molar refractivity (Wildman–Crippen MR) is 77.9 cm³/mol. The molecule has 3 nitrogen and oxygen atoms in total. The van der Waals surface area contributed by atoms with E-state index in [9.17, 15) is 0 Å². The Bertz CT molecular complexity index is 647. The minimum Gasteiger partial charge on any atom is -0.490 e. The van der Waals surface area contributed by atoms with Crippen LogP contribution >= 0.6 is 12.2 Å². The normalized spacial score (nSPS) is 14.4. The van der Waals surface area contributed by atoms with Gasteiger partial charge in [0.05, 0.1) is 18.1 Å². The first-order chi connectivity index (χ1) is 9.28. The van der Waals surface area contributed by atoms with Crippen molar-refractivity contribution in [1.82, 2.24) is 9.97 Å². The number of benzene rings is 1. The van der Waals surface area contributed by atoms with Crippen molar-refractivity contribution in [3.63, 3.8) is 0 Å². The molecule has 0 unspecified atom stereocenters. The molecule has 1 fully saturated rings. The van der Waals surface area contributed by atoms with Gasteiger partial charge in [-0.15, -0.1) is 0 Å². The maximum absolute atomic E-state index is 5.84. The van der Waals surface area contributed by atoms with E-state index in [1.54, 1.807) is 6.33 Å². The van der Waals surface area contributed by atoms with Gasteiger partial charge in [0.25, 0.3) is 0 Å². The third-order valence-electron chi connectivity index (χ3n) is 3.25. The molecule has 0 amide bonds. The highest BCUT2D eigenvalue weighted by Gasteiger charge is 2.23. The Morgan fingerprint density at radius 3 is 3.00 bits per heavy atom. The third-order valence-corrected chi connectivity index (χ3v) is 3.61. The number of hydrogen-bond acceptors (Lipinski definition) is 3. The van der Waals surface area contributed by atoms with E-state index in [-0.39, 0.29) is 0 Å². The summed E-state index contributed by atoms with van der Waals surface area (Å²) in [4.78, 5) is 7.35. The Morgan fingerprint density at radius 2 is 2.26 bits per heavy atom. The number of hydrogen-bond donors (Lipinski definition) is 1. The third kappa shape index (κ3) is 2.68. The molecular weight excluding hydrogens is 256 g/mol. The quantitative estimate of drug-likeness (QED) is 0.857. The first-order valence-corrected chi connectivity index (χ1v) is 7.02. The summed E-state index contributed by atoms with van der Waals surface area (Å²) >= 11 is 5.29. The Morgan fingerprint density at radius 1 is 1.42 bits per heavy atom. The van der Waals surface area contributed by atoms with Crippen LogP contribution in [-0.4, -0.2) is 16.1 Å². The molecule has 4 heteroatoms. The molecule has 0 saturated heterocycles. The fourth-order valence-electron chi connectivity index (χ4n) is 2.12. The molecule has 0 radical (unpaired) electrons. The Kier molecular flexibility index (Phi) is 3.34. The predicted octanol–water partition coefficient (Wildman–Crippen LogP) is 3.91. The van der Waals surface area contributed by atoms with E-state index in [4.69, 9.17) is 17.0 Å². The van der Waals surface area contributed by atoms with Crippen LogP contribution in [0.4, 0.5) is 0 Å². The molecule has 0 aliphatic heterocycles. The van der Waals surface area contributed by atoms with Gasteiger partial charge in [0, 0.05) is 11.1 Å². The van der Waals surface area contributed by atoms with Gasteiger partial charge < -0.3 is 9.72 Å². The number of nitrogens with zero attached hydrogens (tertiary/aromatic N) is 1. The summed E-state index contributed by atoms with van der Waals surface area (Å²) in [6, 6.07) is 8.16. The maximum atomic E-state index is 5.84. The van der Waals surface area contributed by atoms with E-state index in [2.05, 4.69) is 29.0 Å². The van der Waals surface area contributed by atoms with Gasteiger partial charge in [-0.3, -0.25) is 0 Å². The molecule has 1 N–H and O–H groups in total. The van der Waals surface area contributed by atoms with Gasteiger partial charge >= 0.3 is 0 Å². The summed E-state index contributed by atoms with van der Waals surface area (Å²) in [6.45, 7) is 2.09. The fourth-order valence-corrected chi connectivity index (χ4v) is 2.42. The minimum atomic E-state index is 0.414. The monoisotopic (exact) mass is 272 g/mol. The van der Waals surface area contributed by atoms with Crippen LogP contribution in [0.5, 0.6) is 5.75 Å². The summed E-state index contributed by atoms with van der Waals surface area (Å²) in [5.41, 5.74) is 3.23. The van der Waals surface area contributed by atoms with Crippen molar-refractivity contribution in [2.24, 2.45) is 0 Å². The van der Waals surface area contributed by atoms with Crippen LogP contribution in [0.25, 0.3) is 11.3 Å². The lowest BCUT2D eigenvalue weighted by Gasteiger charge is -2.10. The van der Waals surface area contributed by atoms with Crippen LogP contribution in [0.3, 0.4) is 0 Å². The molecule has 98 valence electrons. The number of aromatic nitrogens is 2. The molecule has 1 aromatic heterocycles. The van der Waals surface area contributed by atoms with Gasteiger partial charge in [0.1, 0.15) is 10.4 Å². The van der Waals surface area contributed by atoms with Gasteiger partial charge in [-0.25, -0.2) is 4.98 Å². The van der Waals surface area contributed by atoms with Crippen LogP contribution in [0.1, 0.15) is 25.3 Å². The van der Waals surface area contributed by atoms with Crippen molar-refractivity contribution >= 4 is 12.2 Å². The maximum Gasteiger partial charge on any atom is 0.133 e. The van der Waals surface area contributed by atoms with E-state index >= 15 is 0 Å². The summed E-state index contributed by atoms with van der Waals surface area (Å²) in [6.07, 6.45) is 5.28. The molecule has 2 aromatic rings. The SMILES string of the molecule is CCc1c(-c2cccc(OC3CC3)c2)[nH]cnc1=S. The van der Waals surface area contributed by atoms with Crippen molar-refractivity contribution in [2.75, 3.05) is 0 Å². The van der Waals surface area contributed by atoms with Crippen LogP contribution in [0.15, 0.2) is 30.6 Å². The van der Waals surface area contributed by atoms with Gasteiger partial charge in [0.2, 0.25) is 0 Å². The lowest BCUT2D eigenvalue weighted by Crippen LogP contribution is -1.98. The zero-order valence-corrected chi connectivity index (χ0v) is 11.7. The van der Waals surface area contributed by atoms with E-state index in [1.165, 1.54) is 12.8 Å². The number of nitrogens with one attached hydrogen (secondary N) is 1. The highest BCUT2D eigenvalue weighted by Crippen LogP contribution is 2.30. The van der Waals surface area contributed by atoms with Gasteiger partial charge in [-0.1, -0.05) is 31.3 Å². The van der Waals surface area contributed by atoms with E-state index in [0.717, 1.165) is 29.0 Å². The van der Waals surface area contributed by atoms with Crippen LogP contribution in [0, 0.1) is 4.64 Å². The molecule has 0 spiro atoms. The van der Waals surface area contributed by atoms with Crippen molar-refractivity contribution in [1.29, 1.82) is 0 Å². The smallest absolute Gasteiger partial charge is 0.133 e. The molecule has 1 aliphatic rings. The zero-order chi connectivity index (χ0) is 13.2. The second-order valence-electron chi connectivity index (χ2n) is 4.76. The first-order valence-electron chi connectivity index (χ1n) is 6.61. The average molecular weight is 272 g/mol. The summed E-state index contributed by atoms with van der Waals surface area (Å²) in [5.74, 6) is 0.929. The molecule has 1 heterocycles. The Balaban J connectivity index is 2.01. The molecule has 1 aromatic carbocycles. The minimum absolute atomic E-state index is 0.414. The van der Waals surface area contributed by atoms with Crippen LogP contribution in [0.2, 0.25) is 0 Å². The van der Waals surface area contributed by atoms with Gasteiger partial charge in [0.15, 0.2) is 0 Å². The van der Waals surface area contributed by atoms with Crippen LogP contribution < -0.4 is 4.74 Å². The molecule has 1 saturated carbocycles. The molecule has 3 rings (SSSR count). The second kappa shape index (κ2) is 5.13. The van der Waals surface area contributed by atoms with Crippen molar-refractivity contribution < 1.29 is 4.74 Å². The van der Waals surface area contributed by atoms with Crippen molar-refractivity contribution in [3.05, 3.63) is 40.8 Å². The number of aromatic amines is 1. The van der Waals surface area contributed by atoms with E-state index in [0.29, 0.717) is 10.7 Å². The van der Waals surface area contributed by atoms with E-state index < -0.39 is 0 Å². The van der Waals surface area contributed by atoms with Gasteiger partial charge in [-0.2, -0.15) is 0 Å². The standard InChI is InChI=1S/C15H16N2OS/c1-2-13-14(16-9-17-15(13)19)10-4-3-5-12(8-10)18-11-6-7-11/h3-5,8-9,11H,2,6-7H2,1H3,(H,16,17,19). The van der Waals surface area contributed by atoms with Crippen molar-refractivity contribution in [3.8, 4) is 17.0 Å². The average Bonchev–Trinajstić information content (AvgIpc) is 3.23. The highest BCUT2D eigenvalue weighted by atomic mass is 32.1. The summed E-state index contributed by atoms with van der Waals surface area (Å²) < 4.78 is 6.51. The van der Waals surface area contributed by atoms with Gasteiger partial charge in [-0.05, 0) is 31.4 Å². The first kappa shape index (κ1) is 12.4. The lowest BCUT2D eigenvalue weighted by atomic mass is 10.1. The molecule has 19 heavy (non-hydrogen) atoms. The fraction of sp³-hybridized carbons (Fsp3) is 0.333.